The van der Waals surface area contributed by atoms with Gasteiger partial charge in [0.1, 0.15) is 13.2 Å². The summed E-state index contributed by atoms with van der Waals surface area (Å²) in [6.45, 7) is 0.883. The van der Waals surface area contributed by atoms with E-state index in [4.69, 9.17) is 4.84 Å². The van der Waals surface area contributed by atoms with E-state index in [1.165, 1.54) is 18.4 Å². The molecule has 0 N–H and O–H groups in total. The number of cyclic esters (lactones) is 1. The average Bonchev–Trinajstić information content (AvgIpc) is 2.90. The second-order valence-corrected chi connectivity index (χ2v) is 3.98. The minimum atomic E-state index is -0.614. The number of nitrogens with zero attached hydrogens (tertiary/aromatic N) is 2. The molecule has 0 spiro atoms. The zero-order valence-corrected chi connectivity index (χ0v) is 10.8. The van der Waals surface area contributed by atoms with E-state index in [9.17, 15) is 9.59 Å². The summed E-state index contributed by atoms with van der Waals surface area (Å²) in [6.07, 6.45) is 3.39. The van der Waals surface area contributed by atoms with Crippen LogP contribution in [0, 0.1) is 0 Å². The fraction of sp³-hybridized carbons (Fsp3) is 0.214. The Balaban J connectivity index is 1.71. The van der Waals surface area contributed by atoms with Crippen LogP contribution in [0.3, 0.4) is 0 Å². The molecule has 1 aromatic rings. The van der Waals surface area contributed by atoms with Crippen LogP contribution in [0.25, 0.3) is 0 Å². The maximum Gasteiger partial charge on any atom is 0.416 e. The molecule has 2 amide bonds. The van der Waals surface area contributed by atoms with Crippen LogP contribution in [0.1, 0.15) is 5.56 Å². The molecule has 1 saturated heterocycles. The number of carbonyl (C=O) groups excluding carboxylic acids is 2. The quantitative estimate of drug-likeness (QED) is 0.466. The number of ether oxygens (including phenoxy) is 1. The standard InChI is InChI=1S/C14H14N2O4/c17-13(16-9-10-19-14(16)18)7-4-8-15-20-11-12-5-2-1-3-6-12/h1-8H,9-11H2/b7-4+,15-8+. The van der Waals surface area contributed by atoms with Crippen LogP contribution >= 0.6 is 0 Å². The number of hydrogen-bond donors (Lipinski definition) is 0. The number of allylic oxidation sites excluding steroid dienone is 1. The summed E-state index contributed by atoms with van der Waals surface area (Å²) in [6, 6.07) is 9.60. The van der Waals surface area contributed by atoms with Crippen molar-refractivity contribution in [3.05, 3.63) is 48.0 Å². The van der Waals surface area contributed by atoms with Gasteiger partial charge in [0.15, 0.2) is 0 Å². The van der Waals surface area contributed by atoms with E-state index >= 15 is 0 Å². The first kappa shape index (κ1) is 13.8. The minimum absolute atomic E-state index is 0.243. The van der Waals surface area contributed by atoms with Gasteiger partial charge in [0.05, 0.1) is 12.8 Å². The van der Waals surface area contributed by atoms with Crippen molar-refractivity contribution < 1.29 is 19.2 Å². The molecule has 2 rings (SSSR count). The molecule has 0 saturated carbocycles. The van der Waals surface area contributed by atoms with Crippen molar-refractivity contribution in [3.8, 4) is 0 Å². The molecular weight excluding hydrogens is 260 g/mol. The summed E-state index contributed by atoms with van der Waals surface area (Å²) in [5, 5.41) is 3.69. The lowest BCUT2D eigenvalue weighted by Gasteiger charge is -2.05. The van der Waals surface area contributed by atoms with Crippen molar-refractivity contribution >= 4 is 18.2 Å². The SMILES string of the molecule is O=C(/C=C/C=N/OCc1ccccc1)N1CCOC1=O. The van der Waals surface area contributed by atoms with Crippen LogP contribution in [0.2, 0.25) is 0 Å². The van der Waals surface area contributed by atoms with E-state index in [1.807, 2.05) is 30.3 Å². The minimum Gasteiger partial charge on any atom is -0.447 e. The van der Waals surface area contributed by atoms with Gasteiger partial charge in [-0.25, -0.2) is 9.69 Å². The lowest BCUT2D eigenvalue weighted by atomic mass is 10.2. The van der Waals surface area contributed by atoms with Gasteiger partial charge in [-0.1, -0.05) is 35.5 Å². The highest BCUT2D eigenvalue weighted by Gasteiger charge is 2.26. The molecule has 0 radical (unpaired) electrons. The zero-order chi connectivity index (χ0) is 14.2. The molecule has 1 aliphatic heterocycles. The number of benzene rings is 1. The molecule has 1 fully saturated rings. The van der Waals surface area contributed by atoms with Crippen molar-refractivity contribution in [1.82, 2.24) is 4.90 Å². The maximum absolute atomic E-state index is 11.5. The van der Waals surface area contributed by atoms with E-state index in [1.54, 1.807) is 0 Å². The first-order valence-corrected chi connectivity index (χ1v) is 6.11. The number of rotatable bonds is 5. The van der Waals surface area contributed by atoms with E-state index in [2.05, 4.69) is 9.89 Å². The van der Waals surface area contributed by atoms with Gasteiger partial charge in [-0.15, -0.1) is 0 Å². The van der Waals surface area contributed by atoms with Crippen molar-refractivity contribution in [1.29, 1.82) is 0 Å². The Morgan fingerprint density at radius 1 is 1.40 bits per heavy atom. The van der Waals surface area contributed by atoms with Gasteiger partial charge in [0.2, 0.25) is 0 Å². The Morgan fingerprint density at radius 2 is 2.20 bits per heavy atom. The molecule has 0 atom stereocenters. The van der Waals surface area contributed by atoms with Crippen LogP contribution in [0.15, 0.2) is 47.6 Å². The Kier molecular flexibility index (Phi) is 4.88. The molecule has 0 bridgehead atoms. The molecule has 1 heterocycles. The van der Waals surface area contributed by atoms with E-state index in [-0.39, 0.29) is 13.2 Å². The summed E-state index contributed by atoms with van der Waals surface area (Å²) in [4.78, 5) is 28.7. The van der Waals surface area contributed by atoms with Gasteiger partial charge in [-0.3, -0.25) is 4.79 Å². The third-order valence-corrected chi connectivity index (χ3v) is 2.56. The van der Waals surface area contributed by atoms with Crippen molar-refractivity contribution in [2.75, 3.05) is 13.2 Å². The number of hydrogen-bond acceptors (Lipinski definition) is 5. The Hall–Kier alpha value is -2.63. The molecular formula is C14H14N2O4. The Morgan fingerprint density at radius 3 is 2.90 bits per heavy atom. The summed E-state index contributed by atoms with van der Waals surface area (Å²) in [5.41, 5.74) is 1.00. The first-order chi connectivity index (χ1) is 9.77. The lowest BCUT2D eigenvalue weighted by molar-refractivity contribution is -0.122. The molecule has 6 nitrogen and oxygen atoms in total. The second kappa shape index (κ2) is 7.08. The molecule has 0 aliphatic carbocycles. The van der Waals surface area contributed by atoms with E-state index in [0.717, 1.165) is 10.5 Å². The summed E-state index contributed by atoms with van der Waals surface area (Å²) >= 11 is 0. The molecule has 104 valence electrons. The van der Waals surface area contributed by atoms with Crippen LogP contribution in [-0.4, -0.2) is 36.3 Å². The molecule has 20 heavy (non-hydrogen) atoms. The normalized spacial score (nSPS) is 15.0. The predicted molar refractivity (Wildman–Crippen MR) is 71.9 cm³/mol. The lowest BCUT2D eigenvalue weighted by Crippen LogP contribution is -2.29. The van der Waals surface area contributed by atoms with Crippen LogP contribution in [0.4, 0.5) is 4.79 Å². The monoisotopic (exact) mass is 274 g/mol. The third-order valence-electron chi connectivity index (χ3n) is 2.56. The average molecular weight is 274 g/mol. The smallest absolute Gasteiger partial charge is 0.416 e. The van der Waals surface area contributed by atoms with Gasteiger partial charge < -0.3 is 9.57 Å². The fourth-order valence-corrected chi connectivity index (χ4v) is 1.57. The Bertz CT molecular complexity index is 525. The Labute approximate surface area is 116 Å². The van der Waals surface area contributed by atoms with Crippen LogP contribution in [0.5, 0.6) is 0 Å². The topological polar surface area (TPSA) is 68.2 Å². The predicted octanol–water partition coefficient (Wildman–Crippen LogP) is 1.72. The number of oxime groups is 1. The van der Waals surface area contributed by atoms with Crippen LogP contribution < -0.4 is 0 Å². The zero-order valence-electron chi connectivity index (χ0n) is 10.8. The van der Waals surface area contributed by atoms with Gasteiger partial charge in [-0.05, 0) is 11.6 Å². The highest BCUT2D eigenvalue weighted by atomic mass is 16.6. The molecule has 0 unspecified atom stereocenters. The van der Waals surface area contributed by atoms with Gasteiger partial charge in [0.25, 0.3) is 5.91 Å². The first-order valence-electron chi connectivity index (χ1n) is 6.11. The molecule has 0 aromatic heterocycles. The summed E-state index contributed by atoms with van der Waals surface area (Å²) in [5.74, 6) is -0.429. The van der Waals surface area contributed by atoms with Crippen molar-refractivity contribution in [2.45, 2.75) is 6.61 Å². The molecule has 1 aliphatic rings. The van der Waals surface area contributed by atoms with Crippen molar-refractivity contribution in [2.24, 2.45) is 5.16 Å². The second-order valence-electron chi connectivity index (χ2n) is 3.98. The molecule has 1 aromatic carbocycles. The van der Waals surface area contributed by atoms with E-state index in [0.29, 0.717) is 6.61 Å². The van der Waals surface area contributed by atoms with Gasteiger partial charge >= 0.3 is 6.09 Å². The summed E-state index contributed by atoms with van der Waals surface area (Å²) < 4.78 is 4.65. The summed E-state index contributed by atoms with van der Waals surface area (Å²) in [7, 11) is 0. The van der Waals surface area contributed by atoms with Crippen molar-refractivity contribution in [3.63, 3.8) is 0 Å². The van der Waals surface area contributed by atoms with Gasteiger partial charge in [0, 0.05) is 6.08 Å². The largest absolute Gasteiger partial charge is 0.447 e. The fourth-order valence-electron chi connectivity index (χ4n) is 1.57. The van der Waals surface area contributed by atoms with Crippen LogP contribution in [-0.2, 0) is 21.0 Å². The number of imide groups is 1. The highest BCUT2D eigenvalue weighted by molar-refractivity contribution is 6.01. The maximum atomic E-state index is 11.5. The number of amides is 2. The van der Waals surface area contributed by atoms with E-state index < -0.39 is 12.0 Å². The highest BCUT2D eigenvalue weighted by Crippen LogP contribution is 2.03. The van der Waals surface area contributed by atoms with Gasteiger partial charge in [-0.2, -0.15) is 0 Å². The third kappa shape index (κ3) is 3.94. The number of carbonyl (C=O) groups is 2. The molecule has 6 heteroatoms.